The zero-order chi connectivity index (χ0) is 27.5. The minimum absolute atomic E-state index is 0.0382. The predicted molar refractivity (Wildman–Crippen MR) is 154 cm³/mol. The van der Waals surface area contributed by atoms with Crippen molar-refractivity contribution >= 4 is 17.2 Å². The highest BCUT2D eigenvalue weighted by molar-refractivity contribution is 7.13. The number of benzene rings is 1. The van der Waals surface area contributed by atoms with E-state index in [4.69, 9.17) is 4.74 Å². The molecule has 0 unspecified atom stereocenters. The molecule has 202 valence electrons. The van der Waals surface area contributed by atoms with Crippen LogP contribution in [0, 0.1) is 0 Å². The second-order valence-electron chi connectivity index (χ2n) is 10.8. The Bertz CT molecular complexity index is 1630. The van der Waals surface area contributed by atoms with E-state index in [0.717, 1.165) is 63.4 Å². The highest BCUT2D eigenvalue weighted by Crippen LogP contribution is 2.46. The van der Waals surface area contributed by atoms with Crippen LogP contribution in [0.25, 0.3) is 32.8 Å². The number of carbonyl (C=O) groups excluding carboxylic acids is 1. The monoisotopic (exact) mass is 543 g/mol. The molecule has 2 atom stereocenters. The van der Waals surface area contributed by atoms with Gasteiger partial charge in [0.1, 0.15) is 11.4 Å². The molecule has 0 radical (unpaired) electrons. The van der Waals surface area contributed by atoms with Gasteiger partial charge in [-0.15, -0.1) is 11.3 Å². The zero-order valence-corrected chi connectivity index (χ0v) is 23.5. The molecule has 4 aromatic rings. The molecule has 0 saturated carbocycles. The SMILES string of the molecule is COc1cc2c(cc1-c1ccn(C)c(=O)c1)-c1c(-c3cccs3)cc(C(=O)N3CCC[C@]3(C)[C@@H](C)O)n1CC2. The first-order valence-corrected chi connectivity index (χ1v) is 14.3. The van der Waals surface area contributed by atoms with Gasteiger partial charge in [0.2, 0.25) is 0 Å². The molecule has 1 N–H and O–H groups in total. The molecule has 0 bridgehead atoms. The number of aliphatic hydroxyl groups is 1. The summed E-state index contributed by atoms with van der Waals surface area (Å²) >= 11 is 1.65. The Kier molecular flexibility index (Phi) is 6.27. The third-order valence-electron chi connectivity index (χ3n) is 8.63. The van der Waals surface area contributed by atoms with Gasteiger partial charge in [-0.05, 0) is 79.9 Å². The van der Waals surface area contributed by atoms with Crippen LogP contribution in [0.2, 0.25) is 0 Å². The van der Waals surface area contributed by atoms with Crippen LogP contribution in [0.5, 0.6) is 5.75 Å². The summed E-state index contributed by atoms with van der Waals surface area (Å²) in [5.74, 6) is 0.685. The number of nitrogens with zero attached hydrogens (tertiary/aromatic N) is 3. The van der Waals surface area contributed by atoms with Gasteiger partial charge in [-0.2, -0.15) is 0 Å². The van der Waals surface area contributed by atoms with E-state index in [1.165, 1.54) is 0 Å². The minimum Gasteiger partial charge on any atom is -0.496 e. The Labute approximate surface area is 231 Å². The number of methoxy groups -OCH3 is 1. The summed E-state index contributed by atoms with van der Waals surface area (Å²) in [5.41, 5.74) is 5.83. The number of aryl methyl sites for hydroxylation is 2. The van der Waals surface area contributed by atoms with Crippen LogP contribution < -0.4 is 10.3 Å². The second kappa shape index (κ2) is 9.54. The number of thiophene rings is 1. The normalized spacial score (nSPS) is 19.1. The molecule has 7 nitrogen and oxygen atoms in total. The highest BCUT2D eigenvalue weighted by Gasteiger charge is 2.44. The van der Waals surface area contributed by atoms with Crippen molar-refractivity contribution in [1.29, 1.82) is 0 Å². The Hall–Kier alpha value is -3.62. The maximum Gasteiger partial charge on any atom is 0.271 e. The number of hydrogen-bond donors (Lipinski definition) is 1. The maximum atomic E-state index is 14.1. The van der Waals surface area contributed by atoms with Gasteiger partial charge in [0, 0.05) is 54.0 Å². The van der Waals surface area contributed by atoms with Crippen LogP contribution in [0.1, 0.15) is 42.7 Å². The number of aliphatic hydroxyl groups excluding tert-OH is 1. The maximum absolute atomic E-state index is 14.1. The first kappa shape index (κ1) is 25.6. The molecule has 5 heterocycles. The predicted octanol–water partition coefficient (Wildman–Crippen LogP) is 5.19. The fourth-order valence-corrected chi connectivity index (χ4v) is 6.90. The van der Waals surface area contributed by atoms with E-state index >= 15 is 0 Å². The first-order chi connectivity index (χ1) is 18.7. The number of carbonyl (C=O) groups is 1. The molecule has 0 spiro atoms. The van der Waals surface area contributed by atoms with Crippen LogP contribution in [-0.2, 0) is 20.0 Å². The van der Waals surface area contributed by atoms with Crippen molar-refractivity contribution in [3.63, 3.8) is 0 Å². The van der Waals surface area contributed by atoms with E-state index in [9.17, 15) is 14.7 Å². The number of ether oxygens (including phenoxy) is 1. The van der Waals surface area contributed by atoms with E-state index in [-0.39, 0.29) is 11.5 Å². The summed E-state index contributed by atoms with van der Waals surface area (Å²) in [6.45, 7) is 5.07. The molecule has 0 aliphatic carbocycles. The summed E-state index contributed by atoms with van der Waals surface area (Å²) < 4.78 is 9.49. The largest absolute Gasteiger partial charge is 0.496 e. The molecular formula is C31H33N3O4S. The third-order valence-corrected chi connectivity index (χ3v) is 9.53. The quantitative estimate of drug-likeness (QED) is 0.376. The smallest absolute Gasteiger partial charge is 0.271 e. The number of rotatable bonds is 5. The summed E-state index contributed by atoms with van der Waals surface area (Å²) in [5, 5.41) is 12.6. The average molecular weight is 544 g/mol. The number of likely N-dealkylation sites (tertiary alicyclic amines) is 1. The van der Waals surface area contributed by atoms with E-state index in [1.54, 1.807) is 49.2 Å². The molecule has 1 fully saturated rings. The van der Waals surface area contributed by atoms with Gasteiger partial charge in [0.25, 0.3) is 11.5 Å². The Balaban J connectivity index is 1.56. The standard InChI is InChI=1S/C31H33N3O4S/c1-19(35)31(2)10-6-11-34(31)30(37)25-18-24(27-7-5-14-39-27)29-23-17-22(21-8-12-32(3)28(36)16-21)26(38-4)15-20(23)9-13-33(25)29/h5,7-8,12,14-19,35H,6,9-11,13H2,1-4H3/t19-,31-/m1/s1. The number of pyridine rings is 1. The van der Waals surface area contributed by atoms with Crippen molar-refractivity contribution in [3.8, 4) is 38.6 Å². The van der Waals surface area contributed by atoms with Crippen LogP contribution >= 0.6 is 11.3 Å². The van der Waals surface area contributed by atoms with Crippen molar-refractivity contribution in [2.45, 2.75) is 51.3 Å². The van der Waals surface area contributed by atoms with Crippen molar-refractivity contribution in [1.82, 2.24) is 14.0 Å². The second-order valence-corrected chi connectivity index (χ2v) is 11.8. The van der Waals surface area contributed by atoms with Crippen LogP contribution in [0.4, 0.5) is 0 Å². The Morgan fingerprint density at radius 2 is 1.95 bits per heavy atom. The molecule has 1 saturated heterocycles. The molecular weight excluding hydrogens is 510 g/mol. The summed E-state index contributed by atoms with van der Waals surface area (Å²) in [6.07, 6.45) is 3.56. The van der Waals surface area contributed by atoms with Crippen LogP contribution in [0.15, 0.2) is 58.8 Å². The summed E-state index contributed by atoms with van der Waals surface area (Å²) in [4.78, 5) is 29.6. The van der Waals surface area contributed by atoms with Crippen LogP contribution in [-0.4, -0.2) is 50.3 Å². The van der Waals surface area contributed by atoms with Crippen molar-refractivity contribution in [2.24, 2.45) is 7.05 Å². The van der Waals surface area contributed by atoms with Gasteiger partial charge in [-0.1, -0.05) is 6.07 Å². The lowest BCUT2D eigenvalue weighted by atomic mass is 9.91. The van der Waals surface area contributed by atoms with Gasteiger partial charge in [-0.3, -0.25) is 9.59 Å². The van der Waals surface area contributed by atoms with Crippen molar-refractivity contribution < 1.29 is 14.6 Å². The number of hydrogen-bond acceptors (Lipinski definition) is 5. The Morgan fingerprint density at radius 3 is 2.64 bits per heavy atom. The fourth-order valence-electron chi connectivity index (χ4n) is 6.15. The van der Waals surface area contributed by atoms with Crippen LogP contribution in [0.3, 0.4) is 0 Å². The zero-order valence-electron chi connectivity index (χ0n) is 22.7. The molecule has 2 aliphatic rings. The highest BCUT2D eigenvalue weighted by atomic mass is 32.1. The lowest BCUT2D eigenvalue weighted by Crippen LogP contribution is -2.52. The number of amides is 1. The number of aromatic nitrogens is 2. The van der Waals surface area contributed by atoms with Gasteiger partial charge >= 0.3 is 0 Å². The lowest BCUT2D eigenvalue weighted by Gasteiger charge is -2.38. The minimum atomic E-state index is -0.620. The van der Waals surface area contributed by atoms with E-state index in [1.807, 2.05) is 30.0 Å². The van der Waals surface area contributed by atoms with E-state index in [0.29, 0.717) is 18.8 Å². The van der Waals surface area contributed by atoms with E-state index in [2.05, 4.69) is 28.1 Å². The topological polar surface area (TPSA) is 76.7 Å². The van der Waals surface area contributed by atoms with Gasteiger partial charge in [0.05, 0.1) is 24.4 Å². The van der Waals surface area contributed by atoms with Gasteiger partial charge in [0.15, 0.2) is 0 Å². The molecule has 1 amide bonds. The molecule has 3 aromatic heterocycles. The van der Waals surface area contributed by atoms with Gasteiger partial charge in [-0.25, -0.2) is 0 Å². The van der Waals surface area contributed by atoms with Gasteiger partial charge < -0.3 is 23.9 Å². The average Bonchev–Trinajstić information content (AvgIpc) is 3.68. The van der Waals surface area contributed by atoms with Crippen molar-refractivity contribution in [2.75, 3.05) is 13.7 Å². The van der Waals surface area contributed by atoms with Crippen molar-refractivity contribution in [3.05, 3.63) is 75.7 Å². The Morgan fingerprint density at radius 1 is 1.13 bits per heavy atom. The number of fused-ring (bicyclic) bond motifs is 3. The fraction of sp³-hybridized carbons (Fsp3) is 0.355. The summed E-state index contributed by atoms with van der Waals surface area (Å²) in [6, 6.07) is 13.9. The molecule has 6 rings (SSSR count). The molecule has 1 aromatic carbocycles. The molecule has 2 aliphatic heterocycles. The first-order valence-electron chi connectivity index (χ1n) is 13.4. The third kappa shape index (κ3) is 4.05. The lowest BCUT2D eigenvalue weighted by molar-refractivity contribution is 0.0145. The summed E-state index contributed by atoms with van der Waals surface area (Å²) in [7, 11) is 3.39. The molecule has 39 heavy (non-hydrogen) atoms. The molecule has 8 heteroatoms. The van der Waals surface area contributed by atoms with E-state index < -0.39 is 11.6 Å².